The van der Waals surface area contributed by atoms with Crippen LogP contribution < -0.4 is 10.6 Å². The summed E-state index contributed by atoms with van der Waals surface area (Å²) >= 11 is 0. The van der Waals surface area contributed by atoms with Crippen LogP contribution in [0.5, 0.6) is 0 Å². The van der Waals surface area contributed by atoms with Gasteiger partial charge in [-0.05, 0) is 39.7 Å². The van der Waals surface area contributed by atoms with Crippen LogP contribution in [0.1, 0.15) is 39.5 Å². The maximum Gasteiger partial charge on any atom is 0.328 e. The molecule has 19 heavy (non-hydrogen) atoms. The summed E-state index contributed by atoms with van der Waals surface area (Å²) in [7, 11) is 0. The predicted molar refractivity (Wildman–Crippen MR) is 71.0 cm³/mol. The van der Waals surface area contributed by atoms with Gasteiger partial charge in [0, 0.05) is 18.6 Å². The van der Waals surface area contributed by atoms with E-state index < -0.39 is 11.5 Å². The molecule has 2 aliphatic rings. The normalized spacial score (nSPS) is 27.7. The maximum atomic E-state index is 11.9. The number of carboxylic acids is 1. The summed E-state index contributed by atoms with van der Waals surface area (Å²) in [4.78, 5) is 25.3. The monoisotopic (exact) mass is 269 g/mol. The Balaban J connectivity index is 1.87. The van der Waals surface area contributed by atoms with E-state index in [1.54, 1.807) is 0 Å². The Bertz CT molecular complexity index is 370. The Kier molecular flexibility index (Phi) is 3.99. The molecule has 2 aliphatic heterocycles. The number of carbonyl (C=O) groups is 2. The van der Waals surface area contributed by atoms with E-state index in [1.807, 2.05) is 0 Å². The van der Waals surface area contributed by atoms with Gasteiger partial charge in [0.1, 0.15) is 5.54 Å². The molecule has 2 amide bonds. The fourth-order valence-electron chi connectivity index (χ4n) is 2.96. The highest BCUT2D eigenvalue weighted by Crippen LogP contribution is 2.27. The fourth-order valence-corrected chi connectivity index (χ4v) is 2.96. The standard InChI is InChI=1S/C13H23N3O3/c1-13(2,11(17)18)15-12(19)14-9-6-8-16-7-4-3-5-10(9)16/h9-10H,3-8H2,1-2H3,(H,17,18)(H2,14,15,19). The molecular formula is C13H23N3O3. The molecule has 0 aromatic heterocycles. The molecule has 0 aliphatic carbocycles. The van der Waals surface area contributed by atoms with Crippen LogP contribution in [0.15, 0.2) is 0 Å². The fraction of sp³-hybridized carbons (Fsp3) is 0.846. The molecule has 0 saturated carbocycles. The first-order valence-corrected chi connectivity index (χ1v) is 6.96. The molecule has 0 aromatic carbocycles. The van der Waals surface area contributed by atoms with Crippen LogP contribution in [0.4, 0.5) is 4.79 Å². The molecule has 2 heterocycles. The zero-order valence-corrected chi connectivity index (χ0v) is 11.6. The van der Waals surface area contributed by atoms with Crippen LogP contribution in [0, 0.1) is 0 Å². The third-order valence-corrected chi connectivity index (χ3v) is 4.13. The Hall–Kier alpha value is -1.30. The van der Waals surface area contributed by atoms with Gasteiger partial charge in [-0.1, -0.05) is 6.42 Å². The lowest BCUT2D eigenvalue weighted by Crippen LogP contribution is -2.56. The summed E-state index contributed by atoms with van der Waals surface area (Å²) in [6, 6.07) is 0.183. The quantitative estimate of drug-likeness (QED) is 0.707. The van der Waals surface area contributed by atoms with Crippen LogP contribution in [-0.2, 0) is 4.79 Å². The molecule has 108 valence electrons. The Morgan fingerprint density at radius 3 is 2.63 bits per heavy atom. The largest absolute Gasteiger partial charge is 0.480 e. The summed E-state index contributed by atoms with van der Waals surface area (Å²) < 4.78 is 0. The highest BCUT2D eigenvalue weighted by Gasteiger charge is 2.37. The number of nitrogens with zero attached hydrogens (tertiary/aromatic N) is 1. The van der Waals surface area contributed by atoms with Crippen molar-refractivity contribution in [3.8, 4) is 0 Å². The van der Waals surface area contributed by atoms with Crippen molar-refractivity contribution in [1.82, 2.24) is 15.5 Å². The van der Waals surface area contributed by atoms with Crippen molar-refractivity contribution in [3.63, 3.8) is 0 Å². The second kappa shape index (κ2) is 5.36. The van der Waals surface area contributed by atoms with Crippen LogP contribution in [0.3, 0.4) is 0 Å². The highest BCUT2D eigenvalue weighted by atomic mass is 16.4. The molecule has 6 nitrogen and oxygen atoms in total. The molecular weight excluding hydrogens is 246 g/mol. The van der Waals surface area contributed by atoms with Gasteiger partial charge in [-0.2, -0.15) is 0 Å². The SMILES string of the molecule is CC(C)(NC(=O)NC1CCN2CCCCC12)C(=O)O. The van der Waals surface area contributed by atoms with Gasteiger partial charge in [-0.3, -0.25) is 4.90 Å². The minimum atomic E-state index is -1.24. The molecule has 0 spiro atoms. The van der Waals surface area contributed by atoms with Crippen molar-refractivity contribution in [2.75, 3.05) is 13.1 Å². The number of aliphatic carboxylic acids is 1. The zero-order valence-electron chi connectivity index (χ0n) is 11.6. The lowest BCUT2D eigenvalue weighted by atomic mass is 9.99. The number of hydrogen-bond acceptors (Lipinski definition) is 3. The number of fused-ring (bicyclic) bond motifs is 1. The van der Waals surface area contributed by atoms with Crippen molar-refractivity contribution in [1.29, 1.82) is 0 Å². The average Bonchev–Trinajstić information content (AvgIpc) is 2.72. The van der Waals surface area contributed by atoms with Gasteiger partial charge in [0.05, 0.1) is 0 Å². The number of carboxylic acid groups (broad SMARTS) is 1. The lowest BCUT2D eigenvalue weighted by Gasteiger charge is -2.33. The Labute approximate surface area is 113 Å². The van der Waals surface area contributed by atoms with E-state index in [4.69, 9.17) is 5.11 Å². The molecule has 6 heteroatoms. The van der Waals surface area contributed by atoms with Gasteiger partial charge in [0.25, 0.3) is 0 Å². The minimum Gasteiger partial charge on any atom is -0.480 e. The van der Waals surface area contributed by atoms with Gasteiger partial charge in [-0.15, -0.1) is 0 Å². The van der Waals surface area contributed by atoms with Crippen LogP contribution >= 0.6 is 0 Å². The van der Waals surface area contributed by atoms with Crippen LogP contribution in [-0.4, -0.2) is 52.7 Å². The average molecular weight is 269 g/mol. The van der Waals surface area contributed by atoms with Gasteiger partial charge in [-0.25, -0.2) is 9.59 Å². The van der Waals surface area contributed by atoms with E-state index in [2.05, 4.69) is 15.5 Å². The van der Waals surface area contributed by atoms with Crippen molar-refractivity contribution >= 4 is 12.0 Å². The number of nitrogens with one attached hydrogen (secondary N) is 2. The molecule has 0 bridgehead atoms. The van der Waals surface area contributed by atoms with Crippen LogP contribution in [0.25, 0.3) is 0 Å². The number of amides is 2. The smallest absolute Gasteiger partial charge is 0.328 e. The number of carbonyl (C=O) groups excluding carboxylic acids is 1. The minimum absolute atomic E-state index is 0.143. The van der Waals surface area contributed by atoms with Crippen molar-refractivity contribution in [3.05, 3.63) is 0 Å². The number of piperidine rings is 1. The summed E-state index contributed by atoms with van der Waals surface area (Å²) in [6.07, 6.45) is 4.52. The summed E-state index contributed by atoms with van der Waals surface area (Å²) in [5, 5.41) is 14.4. The Morgan fingerprint density at radius 2 is 1.95 bits per heavy atom. The van der Waals surface area contributed by atoms with Crippen molar-refractivity contribution < 1.29 is 14.7 Å². The van der Waals surface area contributed by atoms with E-state index in [-0.39, 0.29) is 12.1 Å². The van der Waals surface area contributed by atoms with E-state index in [0.29, 0.717) is 6.04 Å². The third kappa shape index (κ3) is 3.18. The second-order valence-electron chi connectivity index (χ2n) is 6.02. The maximum absolute atomic E-state index is 11.9. The van der Waals surface area contributed by atoms with Gasteiger partial charge < -0.3 is 15.7 Å². The van der Waals surface area contributed by atoms with Gasteiger partial charge in [0.15, 0.2) is 0 Å². The van der Waals surface area contributed by atoms with Gasteiger partial charge >= 0.3 is 12.0 Å². The first-order chi connectivity index (χ1) is 8.90. The van der Waals surface area contributed by atoms with Crippen LogP contribution in [0.2, 0.25) is 0 Å². The van der Waals surface area contributed by atoms with E-state index in [1.165, 1.54) is 26.7 Å². The summed E-state index contributed by atoms with van der Waals surface area (Å²) in [5.41, 5.74) is -1.24. The second-order valence-corrected chi connectivity index (χ2v) is 6.02. The number of hydrogen-bond donors (Lipinski definition) is 3. The molecule has 2 unspecified atom stereocenters. The first kappa shape index (κ1) is 14.1. The molecule has 2 saturated heterocycles. The molecule has 2 rings (SSSR count). The molecule has 3 N–H and O–H groups in total. The molecule has 2 fully saturated rings. The van der Waals surface area contributed by atoms with Gasteiger partial charge in [0.2, 0.25) is 0 Å². The van der Waals surface area contributed by atoms with E-state index in [9.17, 15) is 9.59 Å². The number of rotatable bonds is 3. The zero-order chi connectivity index (χ0) is 14.0. The topological polar surface area (TPSA) is 81.7 Å². The third-order valence-electron chi connectivity index (χ3n) is 4.13. The molecule has 0 aromatic rings. The Morgan fingerprint density at radius 1 is 1.21 bits per heavy atom. The molecule has 2 atom stereocenters. The van der Waals surface area contributed by atoms with E-state index in [0.717, 1.165) is 25.9 Å². The summed E-state index contributed by atoms with van der Waals surface area (Å²) in [6.45, 7) is 5.11. The number of urea groups is 1. The van der Waals surface area contributed by atoms with E-state index >= 15 is 0 Å². The highest BCUT2D eigenvalue weighted by molar-refractivity contribution is 5.85. The predicted octanol–water partition coefficient (Wildman–Crippen LogP) is 0.776. The molecule has 0 radical (unpaired) electrons. The lowest BCUT2D eigenvalue weighted by molar-refractivity contribution is -0.142. The van der Waals surface area contributed by atoms with Crippen molar-refractivity contribution in [2.45, 2.75) is 57.2 Å². The summed E-state index contributed by atoms with van der Waals surface area (Å²) in [5.74, 6) is -1.03. The first-order valence-electron chi connectivity index (χ1n) is 6.96. The van der Waals surface area contributed by atoms with Crippen molar-refractivity contribution in [2.24, 2.45) is 0 Å².